The molecule has 0 aromatic heterocycles. The van der Waals surface area contributed by atoms with Crippen molar-refractivity contribution in [3.63, 3.8) is 0 Å². The fraction of sp³-hybridized carbons (Fsp3) is 0.778. The van der Waals surface area contributed by atoms with E-state index in [1.165, 1.54) is 6.92 Å². The second kappa shape index (κ2) is 9.49. The van der Waals surface area contributed by atoms with Crippen molar-refractivity contribution in [2.45, 2.75) is 45.6 Å². The number of unbranched alkanes of at least 4 members (excludes halogenated alkanes) is 2. The number of carbonyl (C=O) groups excluding carboxylic acids is 1. The van der Waals surface area contributed by atoms with Crippen molar-refractivity contribution in [1.82, 2.24) is 5.32 Å². The fourth-order valence-electron chi connectivity index (χ4n) is 0.911. The molecule has 2 N–H and O–H groups in total. The van der Waals surface area contributed by atoms with Gasteiger partial charge in [0.05, 0.1) is 0 Å². The van der Waals surface area contributed by atoms with Crippen LogP contribution in [-0.4, -0.2) is 52.6 Å². The number of carboxylic acids is 1. The maximum atomic E-state index is 11.1. The molecule has 1 amide bonds. The second-order valence-electron chi connectivity index (χ2n) is 3.08. The van der Waals surface area contributed by atoms with Crippen molar-refractivity contribution < 1.29 is 14.7 Å². The van der Waals surface area contributed by atoms with Crippen molar-refractivity contribution in [2.24, 2.45) is 0 Å². The van der Waals surface area contributed by atoms with Gasteiger partial charge in [-0.2, -0.15) is 0 Å². The number of rotatable bonds is 6. The first-order valence-electron chi connectivity index (χ1n) is 4.60. The molecular weight excluding hydrogens is 193 g/mol. The molecule has 0 fully saturated rings. The first-order chi connectivity index (χ1) is 6.07. The molecule has 0 aromatic rings. The van der Waals surface area contributed by atoms with E-state index in [1.807, 2.05) is 0 Å². The van der Waals surface area contributed by atoms with Crippen molar-refractivity contribution in [3.05, 3.63) is 0 Å². The zero-order chi connectivity index (χ0) is 10.3. The van der Waals surface area contributed by atoms with Crippen LogP contribution in [0.15, 0.2) is 0 Å². The Hall–Kier alpha value is -0.0600. The zero-order valence-electron chi connectivity index (χ0n) is 8.17. The molecule has 0 aliphatic carbocycles. The minimum absolute atomic E-state index is 0. The van der Waals surface area contributed by atoms with E-state index >= 15 is 0 Å². The molecule has 0 unspecified atom stereocenters. The molecule has 0 aliphatic rings. The summed E-state index contributed by atoms with van der Waals surface area (Å²) in [6, 6.07) is -0.783. The Morgan fingerprint density at radius 2 is 1.93 bits per heavy atom. The van der Waals surface area contributed by atoms with Crippen LogP contribution in [0.3, 0.4) is 0 Å². The van der Waals surface area contributed by atoms with E-state index < -0.39 is 12.0 Å². The van der Waals surface area contributed by atoms with Gasteiger partial charge in [-0.3, -0.25) is 9.59 Å². The van der Waals surface area contributed by atoms with E-state index in [1.54, 1.807) is 0 Å². The normalized spacial score (nSPS) is 11.3. The van der Waals surface area contributed by atoms with Gasteiger partial charge in [-0.15, -0.1) is 0 Å². The summed E-state index contributed by atoms with van der Waals surface area (Å²) in [6.07, 6.45) is 3.32. The molecule has 1 atom stereocenters. The molecule has 0 radical (unpaired) electrons. The maximum absolute atomic E-state index is 11.1. The molecular formula is C9H18NNaO3. The SMILES string of the molecule is CCCCCC(=O)N[C@@H](C)C(=O)O.[NaH]. The molecule has 14 heavy (non-hydrogen) atoms. The predicted molar refractivity (Wildman–Crippen MR) is 56.5 cm³/mol. The Bertz CT molecular complexity index is 185. The van der Waals surface area contributed by atoms with Crippen LogP contribution < -0.4 is 5.32 Å². The number of carbonyl (C=O) groups is 2. The van der Waals surface area contributed by atoms with Gasteiger partial charge in [0, 0.05) is 6.42 Å². The van der Waals surface area contributed by atoms with Crippen LogP contribution in [0.5, 0.6) is 0 Å². The fourth-order valence-corrected chi connectivity index (χ4v) is 0.911. The Kier molecular flexibility index (Phi) is 11.1. The Labute approximate surface area is 107 Å². The Balaban J connectivity index is 0. The van der Waals surface area contributed by atoms with Crippen molar-refractivity contribution in [1.29, 1.82) is 0 Å². The zero-order valence-corrected chi connectivity index (χ0v) is 8.17. The second-order valence-corrected chi connectivity index (χ2v) is 3.08. The van der Waals surface area contributed by atoms with Crippen LogP contribution in [0.2, 0.25) is 0 Å². The predicted octanol–water partition coefficient (Wildman–Crippen LogP) is 0.507. The first-order valence-corrected chi connectivity index (χ1v) is 4.60. The van der Waals surface area contributed by atoms with Crippen LogP contribution in [-0.2, 0) is 9.59 Å². The molecule has 0 saturated carbocycles. The van der Waals surface area contributed by atoms with Crippen LogP contribution in [0.1, 0.15) is 39.5 Å². The molecule has 4 nitrogen and oxygen atoms in total. The topological polar surface area (TPSA) is 66.4 Å². The van der Waals surface area contributed by atoms with Gasteiger partial charge in [0.15, 0.2) is 0 Å². The van der Waals surface area contributed by atoms with Gasteiger partial charge in [-0.05, 0) is 13.3 Å². The third-order valence-electron chi connectivity index (χ3n) is 1.76. The third-order valence-corrected chi connectivity index (χ3v) is 1.76. The van der Waals surface area contributed by atoms with Gasteiger partial charge in [-0.1, -0.05) is 19.8 Å². The van der Waals surface area contributed by atoms with E-state index in [0.717, 1.165) is 19.3 Å². The summed E-state index contributed by atoms with van der Waals surface area (Å²) in [5.41, 5.74) is 0. The summed E-state index contributed by atoms with van der Waals surface area (Å²) in [4.78, 5) is 21.4. The van der Waals surface area contributed by atoms with Crippen molar-refractivity contribution >= 4 is 41.4 Å². The molecule has 78 valence electrons. The summed E-state index contributed by atoms with van der Waals surface area (Å²) in [5, 5.41) is 10.9. The first kappa shape index (κ1) is 16.4. The molecule has 0 rings (SSSR count). The third kappa shape index (κ3) is 8.53. The monoisotopic (exact) mass is 211 g/mol. The van der Waals surface area contributed by atoms with Crippen LogP contribution in [0, 0.1) is 0 Å². The number of aliphatic carboxylic acids is 1. The average molecular weight is 211 g/mol. The number of hydrogen-bond donors (Lipinski definition) is 2. The van der Waals surface area contributed by atoms with E-state index in [4.69, 9.17) is 5.11 Å². The summed E-state index contributed by atoms with van der Waals surface area (Å²) < 4.78 is 0. The van der Waals surface area contributed by atoms with Gasteiger partial charge >= 0.3 is 35.5 Å². The number of carboxylic acid groups (broad SMARTS) is 1. The number of amides is 1. The minimum atomic E-state index is -0.996. The van der Waals surface area contributed by atoms with Gasteiger partial charge in [-0.25, -0.2) is 0 Å². The van der Waals surface area contributed by atoms with E-state index in [9.17, 15) is 9.59 Å². The van der Waals surface area contributed by atoms with E-state index in [2.05, 4.69) is 12.2 Å². The molecule has 0 saturated heterocycles. The molecule has 0 bridgehead atoms. The number of nitrogens with one attached hydrogen (secondary N) is 1. The van der Waals surface area contributed by atoms with Crippen LogP contribution >= 0.6 is 0 Å². The standard InChI is InChI=1S/C9H17NO3.Na.H/c1-3-4-5-6-8(11)10-7(2)9(12)13;;/h7H,3-6H2,1-2H3,(H,10,11)(H,12,13);;/t7-;;/m0../s1. The van der Waals surface area contributed by atoms with Gasteiger partial charge in [0.1, 0.15) is 6.04 Å². The van der Waals surface area contributed by atoms with Gasteiger partial charge < -0.3 is 10.4 Å². The van der Waals surface area contributed by atoms with Gasteiger partial charge in [0.2, 0.25) is 5.91 Å². The number of hydrogen-bond acceptors (Lipinski definition) is 2. The molecule has 0 heterocycles. The van der Waals surface area contributed by atoms with Crippen LogP contribution in [0.25, 0.3) is 0 Å². The van der Waals surface area contributed by atoms with E-state index in [-0.39, 0.29) is 35.5 Å². The van der Waals surface area contributed by atoms with Crippen molar-refractivity contribution in [3.8, 4) is 0 Å². The molecule has 0 spiro atoms. The Morgan fingerprint density at radius 1 is 1.36 bits per heavy atom. The summed E-state index contributed by atoms with van der Waals surface area (Å²) >= 11 is 0. The molecule has 0 aliphatic heterocycles. The summed E-state index contributed by atoms with van der Waals surface area (Å²) in [5.74, 6) is -1.17. The summed E-state index contributed by atoms with van der Waals surface area (Å²) in [7, 11) is 0. The average Bonchev–Trinajstić information content (AvgIpc) is 2.04. The molecule has 5 heteroatoms. The van der Waals surface area contributed by atoms with Crippen LogP contribution in [0.4, 0.5) is 0 Å². The molecule has 0 aromatic carbocycles. The van der Waals surface area contributed by atoms with Gasteiger partial charge in [0.25, 0.3) is 0 Å². The Morgan fingerprint density at radius 3 is 2.36 bits per heavy atom. The quantitative estimate of drug-likeness (QED) is 0.497. The van der Waals surface area contributed by atoms with Crippen molar-refractivity contribution in [2.75, 3.05) is 0 Å². The summed E-state index contributed by atoms with van der Waals surface area (Å²) in [6.45, 7) is 3.51. The van der Waals surface area contributed by atoms with E-state index in [0.29, 0.717) is 6.42 Å².